The summed E-state index contributed by atoms with van der Waals surface area (Å²) in [6.45, 7) is 2.82. The van der Waals surface area contributed by atoms with Crippen LogP contribution < -0.4 is 4.74 Å². The highest BCUT2D eigenvalue weighted by atomic mass is 16.5. The van der Waals surface area contributed by atoms with E-state index in [2.05, 4.69) is 4.98 Å². The molecule has 29 heavy (non-hydrogen) atoms. The maximum Gasteiger partial charge on any atom is 0.338 e. The first-order valence-corrected chi connectivity index (χ1v) is 9.74. The summed E-state index contributed by atoms with van der Waals surface area (Å²) in [4.78, 5) is 28.1. The number of carbonyl (C=O) groups is 2. The van der Waals surface area contributed by atoms with Crippen LogP contribution in [-0.2, 0) is 9.47 Å². The molecular formula is C23H23NO5. The number of ketones is 1. The van der Waals surface area contributed by atoms with Gasteiger partial charge in [0.1, 0.15) is 12.4 Å². The smallest absolute Gasteiger partial charge is 0.338 e. The number of ether oxygens (including phenoxy) is 3. The molecular weight excluding hydrogens is 370 g/mol. The van der Waals surface area contributed by atoms with Gasteiger partial charge in [0, 0.05) is 28.8 Å². The summed E-state index contributed by atoms with van der Waals surface area (Å²) in [6.07, 6.45) is 2.21. The average molecular weight is 393 g/mol. The Balaban J connectivity index is 1.34. The van der Waals surface area contributed by atoms with Crippen molar-refractivity contribution in [2.45, 2.75) is 25.9 Å². The number of aromatic nitrogens is 1. The Bertz CT molecular complexity index is 1020. The minimum atomic E-state index is -0.540. The number of carbonyl (C=O) groups excluding carboxylic acids is 2. The van der Waals surface area contributed by atoms with Crippen LogP contribution in [0.25, 0.3) is 10.9 Å². The molecule has 1 aromatic heterocycles. The zero-order valence-electron chi connectivity index (χ0n) is 16.3. The zero-order valence-corrected chi connectivity index (χ0v) is 16.3. The van der Waals surface area contributed by atoms with Crippen LogP contribution in [0.15, 0.2) is 48.5 Å². The van der Waals surface area contributed by atoms with Crippen molar-refractivity contribution in [3.8, 4) is 5.75 Å². The van der Waals surface area contributed by atoms with Crippen molar-refractivity contribution < 1.29 is 23.8 Å². The molecule has 0 saturated carbocycles. The second kappa shape index (κ2) is 8.49. The molecule has 1 saturated heterocycles. The van der Waals surface area contributed by atoms with Gasteiger partial charge in [0.25, 0.3) is 0 Å². The van der Waals surface area contributed by atoms with Crippen molar-refractivity contribution in [3.63, 3.8) is 0 Å². The summed E-state index contributed by atoms with van der Waals surface area (Å²) in [5.41, 5.74) is 2.59. The van der Waals surface area contributed by atoms with Gasteiger partial charge in [-0.2, -0.15) is 0 Å². The van der Waals surface area contributed by atoms with Gasteiger partial charge in [-0.25, -0.2) is 4.79 Å². The predicted molar refractivity (Wildman–Crippen MR) is 109 cm³/mol. The van der Waals surface area contributed by atoms with Crippen molar-refractivity contribution in [2.24, 2.45) is 0 Å². The fraction of sp³-hybridized carbons (Fsp3) is 0.304. The van der Waals surface area contributed by atoms with E-state index >= 15 is 0 Å². The second-order valence-corrected chi connectivity index (χ2v) is 7.14. The average Bonchev–Trinajstić information content (AvgIpc) is 3.37. The molecule has 0 aliphatic carbocycles. The van der Waals surface area contributed by atoms with Crippen LogP contribution in [0.5, 0.6) is 5.75 Å². The molecule has 2 heterocycles. The van der Waals surface area contributed by atoms with Gasteiger partial charge in [-0.05, 0) is 50.1 Å². The van der Waals surface area contributed by atoms with E-state index in [-0.39, 0.29) is 18.5 Å². The number of nitrogens with one attached hydrogen (secondary N) is 1. The van der Waals surface area contributed by atoms with Gasteiger partial charge in [-0.15, -0.1) is 0 Å². The molecule has 1 aliphatic heterocycles. The zero-order chi connectivity index (χ0) is 20.2. The molecule has 0 amide bonds. The summed E-state index contributed by atoms with van der Waals surface area (Å²) < 4.78 is 16.5. The lowest BCUT2D eigenvalue weighted by Gasteiger charge is -2.11. The third-order valence-corrected chi connectivity index (χ3v) is 5.06. The van der Waals surface area contributed by atoms with Crippen molar-refractivity contribution in [2.75, 3.05) is 19.8 Å². The SMILES string of the molecule is Cc1[nH]c2ccccc2c1C(=O)COC(=O)c1ccc(OC[C@@H]2CCCO2)cc1. The topological polar surface area (TPSA) is 77.6 Å². The molecule has 1 aliphatic rings. The molecule has 1 N–H and O–H groups in total. The maximum atomic E-state index is 12.6. The molecule has 150 valence electrons. The first kappa shape index (κ1) is 19.2. The van der Waals surface area contributed by atoms with Gasteiger partial charge in [-0.3, -0.25) is 4.79 Å². The Labute approximate surface area is 168 Å². The van der Waals surface area contributed by atoms with Crippen molar-refractivity contribution >= 4 is 22.7 Å². The van der Waals surface area contributed by atoms with Crippen LogP contribution in [0.1, 0.15) is 39.3 Å². The largest absolute Gasteiger partial charge is 0.491 e. The van der Waals surface area contributed by atoms with E-state index in [1.165, 1.54) is 0 Å². The number of esters is 1. The summed E-state index contributed by atoms with van der Waals surface area (Å²) >= 11 is 0. The fourth-order valence-electron chi connectivity index (χ4n) is 3.57. The van der Waals surface area contributed by atoms with E-state index in [1.807, 2.05) is 31.2 Å². The van der Waals surface area contributed by atoms with E-state index in [9.17, 15) is 9.59 Å². The van der Waals surface area contributed by atoms with E-state index in [1.54, 1.807) is 24.3 Å². The first-order valence-electron chi connectivity index (χ1n) is 9.74. The lowest BCUT2D eigenvalue weighted by molar-refractivity contribution is 0.0474. The highest BCUT2D eigenvalue weighted by Gasteiger charge is 2.19. The quantitative estimate of drug-likeness (QED) is 0.484. The molecule has 2 aromatic carbocycles. The molecule has 1 fully saturated rings. The van der Waals surface area contributed by atoms with E-state index in [0.717, 1.165) is 36.0 Å². The third-order valence-electron chi connectivity index (χ3n) is 5.06. The van der Waals surface area contributed by atoms with E-state index < -0.39 is 5.97 Å². The normalized spacial score (nSPS) is 16.1. The molecule has 0 spiro atoms. The lowest BCUT2D eigenvalue weighted by Crippen LogP contribution is -2.16. The number of para-hydroxylation sites is 1. The molecule has 6 nitrogen and oxygen atoms in total. The van der Waals surface area contributed by atoms with Gasteiger partial charge in [0.2, 0.25) is 5.78 Å². The number of hydrogen-bond acceptors (Lipinski definition) is 5. The number of rotatable bonds is 7. The summed E-state index contributed by atoms with van der Waals surface area (Å²) in [6, 6.07) is 14.3. The van der Waals surface area contributed by atoms with Gasteiger partial charge < -0.3 is 19.2 Å². The summed E-state index contributed by atoms with van der Waals surface area (Å²) in [5, 5.41) is 0.832. The van der Waals surface area contributed by atoms with Crippen LogP contribution in [-0.4, -0.2) is 42.7 Å². The number of aromatic amines is 1. The molecule has 3 aromatic rings. The number of benzene rings is 2. The van der Waals surface area contributed by atoms with Crippen LogP contribution >= 0.6 is 0 Å². The standard InChI is InChI=1S/C23H23NO5/c1-15-22(19-6-2-3-7-20(19)24-15)21(25)14-29-23(26)16-8-10-17(11-9-16)28-13-18-5-4-12-27-18/h2-3,6-11,18,24H,4-5,12-14H2,1H3/t18-/m0/s1. The Morgan fingerprint density at radius 2 is 1.93 bits per heavy atom. The number of hydrogen-bond donors (Lipinski definition) is 1. The Hall–Kier alpha value is -3.12. The number of fused-ring (bicyclic) bond motifs is 1. The molecule has 0 bridgehead atoms. The minimum Gasteiger partial charge on any atom is -0.491 e. The van der Waals surface area contributed by atoms with Crippen LogP contribution in [0.3, 0.4) is 0 Å². The van der Waals surface area contributed by atoms with Gasteiger partial charge in [-0.1, -0.05) is 18.2 Å². The number of aryl methyl sites for hydroxylation is 1. The fourth-order valence-corrected chi connectivity index (χ4v) is 3.57. The highest BCUT2D eigenvalue weighted by Crippen LogP contribution is 2.22. The van der Waals surface area contributed by atoms with Crippen molar-refractivity contribution in [3.05, 3.63) is 65.4 Å². The highest BCUT2D eigenvalue weighted by molar-refractivity contribution is 6.10. The number of Topliss-reactive ketones (excluding diaryl/α,β-unsaturated/α-hetero) is 1. The predicted octanol–water partition coefficient (Wildman–Crippen LogP) is 4.07. The summed E-state index contributed by atoms with van der Waals surface area (Å²) in [7, 11) is 0. The van der Waals surface area contributed by atoms with E-state index in [4.69, 9.17) is 14.2 Å². The molecule has 1 atom stereocenters. The van der Waals surface area contributed by atoms with Crippen LogP contribution in [0.4, 0.5) is 0 Å². The van der Waals surface area contributed by atoms with Crippen LogP contribution in [0, 0.1) is 6.92 Å². The first-order chi connectivity index (χ1) is 14.1. The minimum absolute atomic E-state index is 0.138. The molecule has 0 unspecified atom stereocenters. The monoisotopic (exact) mass is 393 g/mol. The van der Waals surface area contributed by atoms with Crippen molar-refractivity contribution in [1.29, 1.82) is 0 Å². The Morgan fingerprint density at radius 1 is 1.14 bits per heavy atom. The van der Waals surface area contributed by atoms with Crippen LogP contribution in [0.2, 0.25) is 0 Å². The summed E-state index contributed by atoms with van der Waals surface area (Å²) in [5.74, 6) is -0.103. The Morgan fingerprint density at radius 3 is 2.69 bits per heavy atom. The maximum absolute atomic E-state index is 12.6. The third kappa shape index (κ3) is 4.32. The molecule has 0 radical (unpaired) electrons. The van der Waals surface area contributed by atoms with Gasteiger partial charge in [0.05, 0.1) is 11.7 Å². The Kier molecular flexibility index (Phi) is 5.62. The second-order valence-electron chi connectivity index (χ2n) is 7.14. The molecule has 4 rings (SSSR count). The number of H-pyrrole nitrogens is 1. The van der Waals surface area contributed by atoms with Gasteiger partial charge >= 0.3 is 5.97 Å². The lowest BCUT2D eigenvalue weighted by atomic mass is 10.1. The van der Waals surface area contributed by atoms with E-state index in [0.29, 0.717) is 23.5 Å². The van der Waals surface area contributed by atoms with Gasteiger partial charge in [0.15, 0.2) is 6.61 Å². The van der Waals surface area contributed by atoms with Crippen molar-refractivity contribution in [1.82, 2.24) is 4.98 Å². The molecule has 6 heteroatoms.